The van der Waals surface area contributed by atoms with Crippen LogP contribution in [0.15, 0.2) is 25.6 Å². The molecule has 3 nitrogen and oxygen atoms in total. The third-order valence-corrected chi connectivity index (χ3v) is 4.78. The standard InChI is InChI=1S/C11H6Br3N3S/c1-5-7(4-15)11(18-17-5)16-10-8(13)2-6(12)3-9(10)14/h2-3,16H,1H3. The average Bonchev–Trinajstić information content (AvgIpc) is 2.64. The number of aromatic nitrogens is 1. The van der Waals surface area contributed by atoms with E-state index in [2.05, 4.69) is 63.5 Å². The predicted octanol–water partition coefficient (Wildman–Crippen LogP) is 5.35. The highest BCUT2D eigenvalue weighted by Crippen LogP contribution is 2.38. The quantitative estimate of drug-likeness (QED) is 0.669. The molecule has 0 amide bonds. The summed E-state index contributed by atoms with van der Waals surface area (Å²) in [6, 6.07) is 6.04. The van der Waals surface area contributed by atoms with E-state index in [-0.39, 0.29) is 0 Å². The molecule has 7 heteroatoms. The van der Waals surface area contributed by atoms with Crippen LogP contribution >= 0.6 is 59.3 Å². The summed E-state index contributed by atoms with van der Waals surface area (Å²) in [5.74, 6) is 0. The number of anilines is 2. The Morgan fingerprint density at radius 2 is 1.89 bits per heavy atom. The van der Waals surface area contributed by atoms with Crippen molar-refractivity contribution in [2.24, 2.45) is 0 Å². The zero-order chi connectivity index (χ0) is 13.3. The fraction of sp³-hybridized carbons (Fsp3) is 0.0909. The van der Waals surface area contributed by atoms with Gasteiger partial charge in [-0.2, -0.15) is 9.64 Å². The molecule has 0 aliphatic carbocycles. The Balaban J connectivity index is 2.44. The molecule has 0 radical (unpaired) electrons. The Kier molecular flexibility index (Phi) is 4.43. The SMILES string of the molecule is Cc1nsc(Nc2c(Br)cc(Br)cc2Br)c1C#N. The van der Waals surface area contributed by atoms with Gasteiger partial charge in [-0.25, -0.2) is 0 Å². The van der Waals surface area contributed by atoms with Gasteiger partial charge in [0.1, 0.15) is 16.6 Å². The Morgan fingerprint density at radius 1 is 1.28 bits per heavy atom. The lowest BCUT2D eigenvalue weighted by molar-refractivity contribution is 1.31. The zero-order valence-electron chi connectivity index (χ0n) is 9.09. The van der Waals surface area contributed by atoms with E-state index in [0.717, 1.165) is 29.8 Å². The number of hydrogen-bond donors (Lipinski definition) is 1. The lowest BCUT2D eigenvalue weighted by Gasteiger charge is -2.09. The normalized spacial score (nSPS) is 10.2. The number of nitriles is 1. The smallest absolute Gasteiger partial charge is 0.132 e. The molecule has 0 aliphatic heterocycles. The summed E-state index contributed by atoms with van der Waals surface area (Å²) in [4.78, 5) is 0. The average molecular weight is 452 g/mol. The van der Waals surface area contributed by atoms with Gasteiger partial charge in [0.05, 0.1) is 11.4 Å². The van der Waals surface area contributed by atoms with Gasteiger partial charge in [-0.15, -0.1) is 0 Å². The van der Waals surface area contributed by atoms with Crippen molar-refractivity contribution >= 4 is 70.0 Å². The summed E-state index contributed by atoms with van der Waals surface area (Å²) < 4.78 is 6.95. The fourth-order valence-corrected chi connectivity index (χ4v) is 4.57. The van der Waals surface area contributed by atoms with Crippen LogP contribution in [-0.4, -0.2) is 4.37 Å². The first-order chi connectivity index (χ1) is 8.52. The minimum atomic E-state index is 0.585. The lowest BCUT2D eigenvalue weighted by Crippen LogP contribution is -1.93. The molecule has 0 spiro atoms. The molecule has 2 rings (SSSR count). The number of benzene rings is 1. The van der Waals surface area contributed by atoms with E-state index in [9.17, 15) is 0 Å². The summed E-state index contributed by atoms with van der Waals surface area (Å²) in [5.41, 5.74) is 2.20. The highest BCUT2D eigenvalue weighted by atomic mass is 79.9. The summed E-state index contributed by atoms with van der Waals surface area (Å²) in [6.07, 6.45) is 0. The van der Waals surface area contributed by atoms with Gasteiger partial charge in [0, 0.05) is 13.4 Å². The molecule has 1 N–H and O–H groups in total. The van der Waals surface area contributed by atoms with Crippen molar-refractivity contribution in [2.75, 3.05) is 5.32 Å². The van der Waals surface area contributed by atoms with Crippen molar-refractivity contribution in [3.63, 3.8) is 0 Å². The minimum Gasteiger partial charge on any atom is -0.343 e. The van der Waals surface area contributed by atoms with Gasteiger partial charge in [0.25, 0.3) is 0 Å². The number of hydrogen-bond acceptors (Lipinski definition) is 4. The van der Waals surface area contributed by atoms with E-state index in [1.807, 2.05) is 19.1 Å². The van der Waals surface area contributed by atoms with Gasteiger partial charge in [0.2, 0.25) is 0 Å². The molecule has 0 saturated heterocycles. The molecule has 0 bridgehead atoms. The first-order valence-electron chi connectivity index (χ1n) is 4.81. The molecule has 0 atom stereocenters. The Hall–Kier alpha value is -0.420. The summed E-state index contributed by atoms with van der Waals surface area (Å²) in [5, 5.41) is 13.1. The van der Waals surface area contributed by atoms with Gasteiger partial charge < -0.3 is 5.32 Å². The number of rotatable bonds is 2. The summed E-state index contributed by atoms with van der Waals surface area (Å²) in [6.45, 7) is 1.83. The lowest BCUT2D eigenvalue weighted by atomic mass is 10.2. The molecule has 1 heterocycles. The van der Waals surface area contributed by atoms with Crippen LogP contribution in [0.5, 0.6) is 0 Å². The molecule has 1 aromatic carbocycles. The van der Waals surface area contributed by atoms with Crippen molar-refractivity contribution in [1.29, 1.82) is 5.26 Å². The van der Waals surface area contributed by atoms with E-state index in [4.69, 9.17) is 5.26 Å². The van der Waals surface area contributed by atoms with E-state index < -0.39 is 0 Å². The van der Waals surface area contributed by atoms with Crippen LogP contribution in [-0.2, 0) is 0 Å². The molecular weight excluding hydrogens is 446 g/mol. The molecular formula is C11H6Br3N3S. The second-order valence-corrected chi connectivity index (χ2v) is 6.85. The molecule has 1 aromatic heterocycles. The van der Waals surface area contributed by atoms with E-state index in [1.165, 1.54) is 11.5 Å². The topological polar surface area (TPSA) is 48.7 Å². The zero-order valence-corrected chi connectivity index (χ0v) is 14.7. The van der Waals surface area contributed by atoms with Crippen molar-refractivity contribution in [3.05, 3.63) is 36.8 Å². The van der Waals surface area contributed by atoms with Crippen molar-refractivity contribution < 1.29 is 0 Å². The Labute approximate surface area is 134 Å². The fourth-order valence-electron chi connectivity index (χ4n) is 1.36. The first-order valence-corrected chi connectivity index (χ1v) is 7.96. The minimum absolute atomic E-state index is 0.585. The monoisotopic (exact) mass is 449 g/mol. The highest BCUT2D eigenvalue weighted by Gasteiger charge is 2.13. The third-order valence-electron chi connectivity index (χ3n) is 2.22. The highest BCUT2D eigenvalue weighted by molar-refractivity contribution is 9.11. The van der Waals surface area contributed by atoms with Crippen LogP contribution in [0.4, 0.5) is 10.7 Å². The molecule has 0 unspecified atom stereocenters. The van der Waals surface area contributed by atoms with E-state index in [0.29, 0.717) is 5.56 Å². The van der Waals surface area contributed by atoms with Crippen molar-refractivity contribution in [2.45, 2.75) is 6.92 Å². The van der Waals surface area contributed by atoms with E-state index in [1.54, 1.807) is 0 Å². The van der Waals surface area contributed by atoms with Crippen LogP contribution in [0.3, 0.4) is 0 Å². The summed E-state index contributed by atoms with van der Waals surface area (Å²) in [7, 11) is 0. The van der Waals surface area contributed by atoms with Crippen molar-refractivity contribution in [1.82, 2.24) is 4.37 Å². The molecule has 0 aliphatic rings. The second kappa shape index (κ2) is 5.70. The molecule has 0 fully saturated rings. The first kappa shape index (κ1) is 14.0. The maximum atomic E-state index is 9.09. The maximum Gasteiger partial charge on any atom is 0.132 e. The third kappa shape index (κ3) is 2.77. The largest absolute Gasteiger partial charge is 0.343 e. The van der Waals surface area contributed by atoms with Crippen LogP contribution in [0.1, 0.15) is 11.3 Å². The number of nitrogens with one attached hydrogen (secondary N) is 1. The van der Waals surface area contributed by atoms with Gasteiger partial charge in [0.15, 0.2) is 0 Å². The Bertz CT molecular complexity index is 622. The Morgan fingerprint density at radius 3 is 2.44 bits per heavy atom. The van der Waals surface area contributed by atoms with Gasteiger partial charge in [-0.3, -0.25) is 0 Å². The molecule has 92 valence electrons. The van der Waals surface area contributed by atoms with Gasteiger partial charge >= 0.3 is 0 Å². The molecule has 2 aromatic rings. The van der Waals surface area contributed by atoms with Gasteiger partial charge in [-0.1, -0.05) is 15.9 Å². The van der Waals surface area contributed by atoms with Crippen LogP contribution in [0, 0.1) is 18.3 Å². The van der Waals surface area contributed by atoms with Crippen molar-refractivity contribution in [3.8, 4) is 6.07 Å². The van der Waals surface area contributed by atoms with Gasteiger partial charge in [-0.05, 0) is 62.4 Å². The number of aryl methyl sites for hydroxylation is 1. The number of nitrogens with zero attached hydrogens (tertiary/aromatic N) is 2. The summed E-state index contributed by atoms with van der Waals surface area (Å²) >= 11 is 11.7. The van der Waals surface area contributed by atoms with Crippen LogP contribution in [0.2, 0.25) is 0 Å². The predicted molar refractivity (Wildman–Crippen MR) is 84.4 cm³/mol. The molecule has 18 heavy (non-hydrogen) atoms. The second-order valence-electron chi connectivity index (χ2n) is 3.45. The maximum absolute atomic E-state index is 9.09. The number of halogens is 3. The van der Waals surface area contributed by atoms with E-state index >= 15 is 0 Å². The van der Waals surface area contributed by atoms with Crippen LogP contribution < -0.4 is 5.32 Å². The van der Waals surface area contributed by atoms with Crippen LogP contribution in [0.25, 0.3) is 0 Å². The molecule has 0 saturated carbocycles.